The second kappa shape index (κ2) is 21.7. The van der Waals surface area contributed by atoms with Crippen molar-refractivity contribution in [2.24, 2.45) is 0 Å². The van der Waals surface area contributed by atoms with Gasteiger partial charge in [-0.05, 0) is 49.4 Å². The Morgan fingerprint density at radius 2 is 1.13 bits per heavy atom. The van der Waals surface area contributed by atoms with Gasteiger partial charge in [-0.1, -0.05) is 133 Å². The standard InChI is InChI=1S/C30H51N/c1-3-5-7-9-11-13-15-17-19-21-29-22-24-30(25-23-29)26-28-31-27-20-18-16-14-12-10-8-6-4-2/h19-25,27,31H,3-18,26,28H2,1-2H3. The molecule has 0 saturated carbocycles. The van der Waals surface area contributed by atoms with Crippen molar-refractivity contribution >= 4 is 6.08 Å². The molecule has 0 fully saturated rings. The number of allylic oxidation sites excluding steroid dienone is 2. The first-order chi connectivity index (χ1) is 15.4. The summed E-state index contributed by atoms with van der Waals surface area (Å²) in [6, 6.07) is 9.06. The molecule has 0 saturated heterocycles. The smallest absolute Gasteiger partial charge is 0.0181 e. The fourth-order valence-corrected chi connectivity index (χ4v) is 3.92. The van der Waals surface area contributed by atoms with Crippen molar-refractivity contribution in [2.75, 3.05) is 6.54 Å². The number of unbranched alkanes of at least 4 members (excludes halogenated alkanes) is 14. The van der Waals surface area contributed by atoms with E-state index < -0.39 is 0 Å². The molecule has 1 nitrogen and oxygen atoms in total. The molecule has 0 unspecified atom stereocenters. The molecular weight excluding hydrogens is 374 g/mol. The van der Waals surface area contributed by atoms with E-state index in [0.29, 0.717) is 0 Å². The van der Waals surface area contributed by atoms with Crippen LogP contribution in [0, 0.1) is 0 Å². The lowest BCUT2D eigenvalue weighted by Crippen LogP contribution is -2.09. The fourth-order valence-electron chi connectivity index (χ4n) is 3.92. The third-order valence-electron chi connectivity index (χ3n) is 6.03. The Labute approximate surface area is 194 Å². The molecule has 0 bridgehead atoms. The first kappa shape index (κ1) is 27.5. The second-order valence-corrected chi connectivity index (χ2v) is 9.07. The average Bonchev–Trinajstić information content (AvgIpc) is 2.79. The first-order valence-corrected chi connectivity index (χ1v) is 13.5. The van der Waals surface area contributed by atoms with E-state index in [4.69, 9.17) is 0 Å². The summed E-state index contributed by atoms with van der Waals surface area (Å²) in [4.78, 5) is 0. The van der Waals surface area contributed by atoms with E-state index in [-0.39, 0.29) is 0 Å². The van der Waals surface area contributed by atoms with Gasteiger partial charge >= 0.3 is 0 Å². The molecular formula is C30H51N. The zero-order chi connectivity index (χ0) is 22.2. The molecule has 0 radical (unpaired) electrons. The molecule has 0 aliphatic carbocycles. The van der Waals surface area contributed by atoms with Crippen molar-refractivity contribution in [3.8, 4) is 0 Å². The van der Waals surface area contributed by atoms with Gasteiger partial charge in [0.05, 0.1) is 0 Å². The van der Waals surface area contributed by atoms with Crippen molar-refractivity contribution in [3.05, 3.63) is 53.7 Å². The highest BCUT2D eigenvalue weighted by Gasteiger charge is 1.94. The van der Waals surface area contributed by atoms with Crippen LogP contribution in [0.3, 0.4) is 0 Å². The van der Waals surface area contributed by atoms with Gasteiger partial charge in [-0.3, -0.25) is 0 Å². The predicted molar refractivity (Wildman–Crippen MR) is 142 cm³/mol. The molecule has 0 aliphatic heterocycles. The van der Waals surface area contributed by atoms with E-state index in [0.717, 1.165) is 13.0 Å². The highest BCUT2D eigenvalue weighted by Crippen LogP contribution is 2.11. The number of hydrogen-bond donors (Lipinski definition) is 1. The number of hydrogen-bond acceptors (Lipinski definition) is 1. The van der Waals surface area contributed by atoms with E-state index in [1.54, 1.807) is 0 Å². The molecule has 0 amide bonds. The molecule has 1 heteroatoms. The highest BCUT2D eigenvalue weighted by molar-refractivity contribution is 5.49. The largest absolute Gasteiger partial charge is 0.391 e. The Balaban J connectivity index is 2.00. The fraction of sp³-hybridized carbons (Fsp3) is 0.667. The molecule has 1 rings (SSSR count). The highest BCUT2D eigenvalue weighted by atomic mass is 14.8. The second-order valence-electron chi connectivity index (χ2n) is 9.07. The minimum absolute atomic E-state index is 1.01. The molecule has 31 heavy (non-hydrogen) atoms. The molecule has 0 aromatic heterocycles. The Morgan fingerprint density at radius 3 is 1.71 bits per heavy atom. The minimum atomic E-state index is 1.01. The molecule has 1 aromatic rings. The summed E-state index contributed by atoms with van der Waals surface area (Å²) in [5.41, 5.74) is 2.74. The summed E-state index contributed by atoms with van der Waals surface area (Å²) in [7, 11) is 0. The Bertz CT molecular complexity index is 540. The molecule has 1 N–H and O–H groups in total. The van der Waals surface area contributed by atoms with Gasteiger partial charge < -0.3 is 5.32 Å². The van der Waals surface area contributed by atoms with Gasteiger partial charge in [0.25, 0.3) is 0 Å². The topological polar surface area (TPSA) is 12.0 Å². The summed E-state index contributed by atoms with van der Waals surface area (Å²) < 4.78 is 0. The van der Waals surface area contributed by atoms with Crippen LogP contribution in [0.2, 0.25) is 0 Å². The monoisotopic (exact) mass is 425 g/mol. The molecule has 0 aliphatic rings. The Kier molecular flexibility index (Phi) is 19.3. The quantitative estimate of drug-likeness (QED) is 0.193. The van der Waals surface area contributed by atoms with Gasteiger partial charge in [0.15, 0.2) is 0 Å². The van der Waals surface area contributed by atoms with E-state index in [1.165, 1.54) is 114 Å². The maximum Gasteiger partial charge on any atom is 0.0181 e. The molecule has 176 valence electrons. The predicted octanol–water partition coefficient (Wildman–Crippen LogP) is 9.63. The van der Waals surface area contributed by atoms with Crippen LogP contribution in [0.1, 0.15) is 128 Å². The van der Waals surface area contributed by atoms with Crippen molar-refractivity contribution in [1.29, 1.82) is 0 Å². The SMILES string of the molecule is CCCCCCCCCC=CNCCc1ccc(C=CCCCCCCCCC)cc1. The van der Waals surface area contributed by atoms with Crippen LogP contribution in [0.4, 0.5) is 0 Å². The molecule has 0 atom stereocenters. The molecule has 1 aromatic carbocycles. The average molecular weight is 426 g/mol. The lowest BCUT2D eigenvalue weighted by atomic mass is 10.1. The lowest BCUT2D eigenvalue weighted by molar-refractivity contribution is 0.592. The van der Waals surface area contributed by atoms with E-state index in [1.807, 2.05) is 0 Å². The summed E-state index contributed by atoms with van der Waals surface area (Å²) in [6.45, 7) is 5.58. The van der Waals surface area contributed by atoms with Gasteiger partial charge in [-0.15, -0.1) is 0 Å². The van der Waals surface area contributed by atoms with Crippen molar-refractivity contribution < 1.29 is 0 Å². The van der Waals surface area contributed by atoms with E-state index >= 15 is 0 Å². The van der Waals surface area contributed by atoms with E-state index in [2.05, 4.69) is 67.9 Å². The zero-order valence-electron chi connectivity index (χ0n) is 20.8. The molecule has 0 spiro atoms. The van der Waals surface area contributed by atoms with Crippen molar-refractivity contribution in [3.63, 3.8) is 0 Å². The first-order valence-electron chi connectivity index (χ1n) is 13.5. The summed E-state index contributed by atoms with van der Waals surface area (Å²) in [5.74, 6) is 0. The van der Waals surface area contributed by atoms with Gasteiger partial charge in [0.1, 0.15) is 0 Å². The summed E-state index contributed by atoms with van der Waals surface area (Å²) in [6.07, 6.45) is 32.0. The number of benzene rings is 1. The third-order valence-corrected chi connectivity index (χ3v) is 6.03. The van der Waals surface area contributed by atoms with Gasteiger partial charge in [-0.25, -0.2) is 0 Å². The van der Waals surface area contributed by atoms with Crippen molar-refractivity contribution in [2.45, 2.75) is 123 Å². The van der Waals surface area contributed by atoms with Crippen LogP contribution in [-0.4, -0.2) is 6.54 Å². The summed E-state index contributed by atoms with van der Waals surface area (Å²) >= 11 is 0. The lowest BCUT2D eigenvalue weighted by Gasteiger charge is -2.03. The normalized spacial score (nSPS) is 11.7. The third kappa shape index (κ3) is 17.8. The van der Waals surface area contributed by atoms with Crippen LogP contribution in [0.15, 0.2) is 42.6 Å². The van der Waals surface area contributed by atoms with Gasteiger partial charge in [0, 0.05) is 6.54 Å². The number of rotatable bonds is 21. The Hall–Kier alpha value is -1.50. The van der Waals surface area contributed by atoms with Crippen LogP contribution < -0.4 is 5.32 Å². The number of nitrogens with one attached hydrogen (secondary N) is 1. The minimum Gasteiger partial charge on any atom is -0.391 e. The van der Waals surface area contributed by atoms with Gasteiger partial charge in [0.2, 0.25) is 0 Å². The van der Waals surface area contributed by atoms with Crippen LogP contribution in [0.25, 0.3) is 6.08 Å². The summed E-state index contributed by atoms with van der Waals surface area (Å²) in [5, 5.41) is 3.44. The molecule has 0 heterocycles. The van der Waals surface area contributed by atoms with Crippen molar-refractivity contribution in [1.82, 2.24) is 5.32 Å². The maximum absolute atomic E-state index is 3.44. The van der Waals surface area contributed by atoms with Gasteiger partial charge in [-0.2, -0.15) is 0 Å². The van der Waals surface area contributed by atoms with Crippen LogP contribution >= 0.6 is 0 Å². The Morgan fingerprint density at radius 1 is 0.613 bits per heavy atom. The van der Waals surface area contributed by atoms with E-state index in [9.17, 15) is 0 Å². The van der Waals surface area contributed by atoms with Crippen LogP contribution in [-0.2, 0) is 6.42 Å². The van der Waals surface area contributed by atoms with Crippen LogP contribution in [0.5, 0.6) is 0 Å². The zero-order valence-corrected chi connectivity index (χ0v) is 20.8. The maximum atomic E-state index is 3.44.